The van der Waals surface area contributed by atoms with Crippen molar-refractivity contribution in [1.29, 1.82) is 0 Å². The van der Waals surface area contributed by atoms with Crippen LogP contribution in [0.25, 0.3) is 11.2 Å². The number of benzene rings is 2. The van der Waals surface area contributed by atoms with Gasteiger partial charge >= 0.3 is 0 Å². The lowest BCUT2D eigenvalue weighted by molar-refractivity contribution is 0.627. The summed E-state index contributed by atoms with van der Waals surface area (Å²) in [5, 5.41) is 1.60. The zero-order valence-corrected chi connectivity index (χ0v) is 15.3. The number of aromatic nitrogens is 3. The Bertz CT molecular complexity index is 1030. The lowest BCUT2D eigenvalue weighted by Crippen LogP contribution is -2.02. The number of hydrogen-bond acceptors (Lipinski definition) is 3. The van der Waals surface area contributed by atoms with Crippen LogP contribution in [0.4, 0.5) is 4.39 Å². The van der Waals surface area contributed by atoms with Crippen molar-refractivity contribution in [2.24, 2.45) is 0 Å². The van der Waals surface area contributed by atoms with Gasteiger partial charge in [0.15, 0.2) is 10.8 Å². The number of hydrogen-bond donors (Lipinski definition) is 0. The number of halogens is 2. The molecule has 0 unspecified atom stereocenters. The van der Waals surface area contributed by atoms with Crippen molar-refractivity contribution in [2.45, 2.75) is 17.5 Å². The molecule has 0 amide bonds. The Morgan fingerprint density at radius 1 is 0.962 bits per heavy atom. The number of imidazole rings is 1. The fourth-order valence-electron chi connectivity index (χ4n) is 2.69. The van der Waals surface area contributed by atoms with E-state index in [-0.39, 0.29) is 5.82 Å². The van der Waals surface area contributed by atoms with E-state index in [4.69, 9.17) is 16.6 Å². The molecule has 0 radical (unpaired) electrons. The molecule has 0 saturated heterocycles. The quantitative estimate of drug-likeness (QED) is 0.422. The molecule has 0 saturated carbocycles. The third-order valence-corrected chi connectivity index (χ3v) is 5.30. The Morgan fingerprint density at radius 3 is 2.46 bits per heavy atom. The average molecular weight is 384 g/mol. The molecule has 0 bridgehead atoms. The normalized spacial score (nSPS) is 11.2. The van der Waals surface area contributed by atoms with Crippen LogP contribution in [0.5, 0.6) is 0 Å². The number of thioether (sulfide) groups is 1. The van der Waals surface area contributed by atoms with E-state index in [1.165, 1.54) is 12.1 Å². The summed E-state index contributed by atoms with van der Waals surface area (Å²) in [6.45, 7) is 0.663. The minimum Gasteiger partial charge on any atom is -0.299 e. The molecule has 2 aromatic heterocycles. The van der Waals surface area contributed by atoms with Gasteiger partial charge in [0.2, 0.25) is 0 Å². The molecule has 26 heavy (non-hydrogen) atoms. The molecule has 130 valence electrons. The van der Waals surface area contributed by atoms with E-state index in [1.54, 1.807) is 30.1 Å². The van der Waals surface area contributed by atoms with Crippen molar-refractivity contribution in [1.82, 2.24) is 14.5 Å². The maximum absolute atomic E-state index is 13.1. The highest BCUT2D eigenvalue weighted by atomic mass is 35.5. The highest BCUT2D eigenvalue weighted by Gasteiger charge is 2.13. The maximum Gasteiger partial charge on any atom is 0.170 e. The molecule has 3 nitrogen and oxygen atoms in total. The second-order valence-corrected chi connectivity index (χ2v) is 7.25. The van der Waals surface area contributed by atoms with Crippen molar-refractivity contribution in [3.8, 4) is 0 Å². The monoisotopic (exact) mass is 383 g/mol. The third kappa shape index (κ3) is 3.74. The van der Waals surface area contributed by atoms with Crippen molar-refractivity contribution in [2.75, 3.05) is 0 Å². The van der Waals surface area contributed by atoms with Crippen LogP contribution in [0.15, 0.2) is 72.0 Å². The van der Waals surface area contributed by atoms with Crippen LogP contribution < -0.4 is 0 Å². The summed E-state index contributed by atoms with van der Waals surface area (Å²) < 4.78 is 15.2. The molecular formula is C20H15ClFN3S. The van der Waals surface area contributed by atoms with Gasteiger partial charge in [-0.1, -0.05) is 47.6 Å². The Kier molecular flexibility index (Phi) is 4.91. The Balaban J connectivity index is 1.64. The predicted molar refractivity (Wildman–Crippen MR) is 104 cm³/mol. The van der Waals surface area contributed by atoms with E-state index < -0.39 is 0 Å². The number of nitrogens with zero attached hydrogens (tertiary/aromatic N) is 3. The molecule has 6 heteroatoms. The number of rotatable bonds is 5. The Labute approximate surface area is 159 Å². The van der Waals surface area contributed by atoms with Gasteiger partial charge in [-0.3, -0.25) is 4.57 Å². The molecule has 0 N–H and O–H groups in total. The van der Waals surface area contributed by atoms with E-state index in [9.17, 15) is 4.39 Å². The van der Waals surface area contributed by atoms with Gasteiger partial charge in [-0.15, -0.1) is 0 Å². The van der Waals surface area contributed by atoms with Gasteiger partial charge in [-0.2, -0.15) is 0 Å². The molecule has 0 fully saturated rings. The first-order valence-electron chi connectivity index (χ1n) is 8.12. The van der Waals surface area contributed by atoms with Crippen LogP contribution in [0.1, 0.15) is 11.1 Å². The van der Waals surface area contributed by atoms with Crippen molar-refractivity contribution < 1.29 is 4.39 Å². The average Bonchev–Trinajstić information content (AvgIpc) is 3.01. The molecule has 2 aromatic carbocycles. The predicted octanol–water partition coefficient (Wildman–Crippen LogP) is 5.56. The van der Waals surface area contributed by atoms with Crippen molar-refractivity contribution in [3.63, 3.8) is 0 Å². The minimum absolute atomic E-state index is 0.224. The largest absolute Gasteiger partial charge is 0.299 e. The SMILES string of the molecule is Fc1ccc(CSc2nc3cccnc3n2Cc2ccc(Cl)cc2)cc1. The fourth-order valence-corrected chi connectivity index (χ4v) is 3.78. The summed E-state index contributed by atoms with van der Waals surface area (Å²) in [6.07, 6.45) is 1.77. The molecule has 0 aliphatic heterocycles. The van der Waals surface area contributed by atoms with Gasteiger partial charge < -0.3 is 0 Å². The molecule has 0 atom stereocenters. The first-order valence-corrected chi connectivity index (χ1v) is 9.48. The van der Waals surface area contributed by atoms with Crippen LogP contribution in [-0.4, -0.2) is 14.5 Å². The van der Waals surface area contributed by atoms with E-state index in [2.05, 4.69) is 9.55 Å². The Hall–Kier alpha value is -2.37. The summed E-state index contributed by atoms with van der Waals surface area (Å²) in [7, 11) is 0. The lowest BCUT2D eigenvalue weighted by atomic mass is 10.2. The van der Waals surface area contributed by atoms with Gasteiger partial charge in [0, 0.05) is 17.0 Å². The number of fused-ring (bicyclic) bond motifs is 1. The van der Waals surface area contributed by atoms with E-state index in [1.807, 2.05) is 36.4 Å². The summed E-state index contributed by atoms with van der Waals surface area (Å²) in [4.78, 5) is 9.22. The standard InChI is InChI=1S/C20H15ClFN3S/c21-16-7-3-14(4-8-16)12-25-19-18(2-1-11-23-19)24-20(25)26-13-15-5-9-17(22)10-6-15/h1-11H,12-13H2. The topological polar surface area (TPSA) is 30.7 Å². The first-order chi connectivity index (χ1) is 12.7. The van der Waals surface area contributed by atoms with Crippen LogP contribution in [-0.2, 0) is 12.3 Å². The molecule has 4 rings (SSSR count). The molecular weight excluding hydrogens is 369 g/mol. The van der Waals surface area contributed by atoms with E-state index in [0.29, 0.717) is 17.3 Å². The number of pyridine rings is 1. The summed E-state index contributed by atoms with van der Waals surface area (Å²) >= 11 is 7.60. The molecule has 2 heterocycles. The highest BCUT2D eigenvalue weighted by molar-refractivity contribution is 7.98. The zero-order valence-electron chi connectivity index (χ0n) is 13.8. The summed E-state index contributed by atoms with van der Waals surface area (Å²) in [5.41, 5.74) is 3.89. The second-order valence-electron chi connectivity index (χ2n) is 5.87. The smallest absolute Gasteiger partial charge is 0.170 e. The highest BCUT2D eigenvalue weighted by Crippen LogP contribution is 2.27. The van der Waals surface area contributed by atoms with Crippen LogP contribution >= 0.6 is 23.4 Å². The van der Waals surface area contributed by atoms with Gasteiger partial charge in [0.1, 0.15) is 11.3 Å². The Morgan fingerprint density at radius 2 is 1.69 bits per heavy atom. The van der Waals surface area contributed by atoms with Gasteiger partial charge in [0.05, 0.1) is 6.54 Å². The first kappa shape index (κ1) is 17.1. The van der Waals surface area contributed by atoms with Crippen molar-refractivity contribution in [3.05, 3.63) is 88.8 Å². The van der Waals surface area contributed by atoms with Crippen LogP contribution in [0.3, 0.4) is 0 Å². The molecule has 4 aromatic rings. The third-order valence-electron chi connectivity index (χ3n) is 4.00. The van der Waals surface area contributed by atoms with Gasteiger partial charge in [0.25, 0.3) is 0 Å². The summed E-state index contributed by atoms with van der Waals surface area (Å²) in [6, 6.07) is 18.2. The van der Waals surface area contributed by atoms with Crippen molar-refractivity contribution >= 4 is 34.5 Å². The van der Waals surface area contributed by atoms with Crippen LogP contribution in [0.2, 0.25) is 5.02 Å². The molecule has 0 aliphatic carbocycles. The van der Waals surface area contributed by atoms with E-state index in [0.717, 1.165) is 27.4 Å². The van der Waals surface area contributed by atoms with Gasteiger partial charge in [-0.05, 0) is 47.5 Å². The maximum atomic E-state index is 13.1. The zero-order chi connectivity index (χ0) is 17.9. The lowest BCUT2D eigenvalue weighted by Gasteiger charge is -2.09. The molecule has 0 aliphatic rings. The molecule has 0 spiro atoms. The van der Waals surface area contributed by atoms with Crippen LogP contribution in [0, 0.1) is 5.82 Å². The minimum atomic E-state index is -0.224. The van der Waals surface area contributed by atoms with E-state index >= 15 is 0 Å². The van der Waals surface area contributed by atoms with Gasteiger partial charge in [-0.25, -0.2) is 14.4 Å². The summed E-state index contributed by atoms with van der Waals surface area (Å²) in [5.74, 6) is 0.488. The fraction of sp³-hybridized carbons (Fsp3) is 0.100. The second kappa shape index (κ2) is 7.48.